The maximum atomic E-state index is 12.0. The Hall–Kier alpha value is -1.17. The molecule has 1 aliphatic heterocycles. The minimum atomic E-state index is -0.425. The van der Waals surface area contributed by atoms with Gasteiger partial charge in [-0.3, -0.25) is 0 Å². The van der Waals surface area contributed by atoms with Gasteiger partial charge in [0.05, 0.1) is 0 Å². The number of amides is 1. The molecule has 17 heavy (non-hydrogen) atoms. The van der Waals surface area contributed by atoms with Gasteiger partial charge in [-0.1, -0.05) is 0 Å². The highest BCUT2D eigenvalue weighted by Crippen LogP contribution is 2.23. The minimum absolute atomic E-state index is 0.195. The summed E-state index contributed by atoms with van der Waals surface area (Å²) < 4.78 is 5.42. The Morgan fingerprint density at radius 3 is 2.76 bits per heavy atom. The lowest BCUT2D eigenvalue weighted by Gasteiger charge is -2.36. The summed E-state index contributed by atoms with van der Waals surface area (Å²) in [5.41, 5.74) is -0.425. The molecule has 0 bridgehead atoms. The highest BCUT2D eigenvalue weighted by atomic mass is 16.6. The first kappa shape index (κ1) is 13.9. The van der Waals surface area contributed by atoms with Crippen molar-refractivity contribution in [3.63, 3.8) is 0 Å². The molecule has 3 heteroatoms. The van der Waals surface area contributed by atoms with E-state index in [0.29, 0.717) is 0 Å². The first-order valence-electron chi connectivity index (χ1n) is 6.37. The van der Waals surface area contributed by atoms with Gasteiger partial charge in [-0.05, 0) is 46.5 Å². The van der Waals surface area contributed by atoms with Gasteiger partial charge in [0.25, 0.3) is 0 Å². The van der Waals surface area contributed by atoms with Crippen molar-refractivity contribution in [3.8, 4) is 12.3 Å². The molecule has 1 atom stereocenters. The first-order chi connectivity index (χ1) is 7.94. The Morgan fingerprint density at radius 2 is 2.18 bits per heavy atom. The summed E-state index contributed by atoms with van der Waals surface area (Å²) in [4.78, 5) is 13.9. The molecule has 1 amide bonds. The molecule has 1 aliphatic rings. The van der Waals surface area contributed by atoms with Crippen molar-refractivity contribution in [3.05, 3.63) is 0 Å². The molecule has 0 N–H and O–H groups in total. The number of piperidine rings is 1. The second-order valence-corrected chi connectivity index (χ2v) is 5.57. The monoisotopic (exact) mass is 237 g/mol. The lowest BCUT2D eigenvalue weighted by molar-refractivity contribution is 0.00906. The molecular formula is C14H23NO2. The van der Waals surface area contributed by atoms with Gasteiger partial charge in [-0.15, -0.1) is 12.3 Å². The van der Waals surface area contributed by atoms with Gasteiger partial charge < -0.3 is 9.64 Å². The Labute approximate surface area is 105 Å². The number of ether oxygens (including phenoxy) is 1. The number of rotatable bonds is 2. The standard InChI is InChI=1S/C14H23NO2/c1-5-6-9-12-10-7-8-11-15(12)13(16)17-14(2,3)4/h1,12H,6-11H2,2-4H3. The van der Waals surface area contributed by atoms with Crippen LogP contribution in [-0.2, 0) is 4.74 Å². The summed E-state index contributed by atoms with van der Waals surface area (Å²) in [7, 11) is 0. The van der Waals surface area contributed by atoms with Crippen molar-refractivity contribution < 1.29 is 9.53 Å². The summed E-state index contributed by atoms with van der Waals surface area (Å²) in [6.07, 6.45) is 9.98. The van der Waals surface area contributed by atoms with E-state index in [2.05, 4.69) is 5.92 Å². The highest BCUT2D eigenvalue weighted by Gasteiger charge is 2.29. The Balaban J connectivity index is 2.58. The van der Waals surface area contributed by atoms with E-state index in [1.807, 2.05) is 25.7 Å². The highest BCUT2D eigenvalue weighted by molar-refractivity contribution is 5.68. The average molecular weight is 237 g/mol. The van der Waals surface area contributed by atoms with E-state index < -0.39 is 5.60 Å². The van der Waals surface area contributed by atoms with Crippen molar-refractivity contribution in [1.29, 1.82) is 0 Å². The minimum Gasteiger partial charge on any atom is -0.444 e. The molecule has 96 valence electrons. The van der Waals surface area contributed by atoms with Crippen LogP contribution in [0.5, 0.6) is 0 Å². The number of hydrogen-bond acceptors (Lipinski definition) is 2. The van der Waals surface area contributed by atoms with Gasteiger partial charge >= 0.3 is 6.09 Å². The first-order valence-corrected chi connectivity index (χ1v) is 6.37. The number of carbonyl (C=O) groups is 1. The molecule has 1 fully saturated rings. The maximum absolute atomic E-state index is 12.0. The van der Waals surface area contributed by atoms with E-state index in [4.69, 9.17) is 11.2 Å². The van der Waals surface area contributed by atoms with Crippen molar-refractivity contribution in [1.82, 2.24) is 4.90 Å². The molecular weight excluding hydrogens is 214 g/mol. The van der Waals surface area contributed by atoms with Gasteiger partial charge in [0.15, 0.2) is 0 Å². The molecule has 0 saturated carbocycles. The fourth-order valence-electron chi connectivity index (χ4n) is 2.11. The van der Waals surface area contributed by atoms with Gasteiger partial charge in [0.1, 0.15) is 5.60 Å². The van der Waals surface area contributed by atoms with E-state index in [0.717, 1.165) is 32.2 Å². The van der Waals surface area contributed by atoms with Crippen molar-refractivity contribution in [2.75, 3.05) is 6.54 Å². The average Bonchev–Trinajstić information content (AvgIpc) is 2.24. The smallest absolute Gasteiger partial charge is 0.410 e. The topological polar surface area (TPSA) is 29.5 Å². The van der Waals surface area contributed by atoms with Crippen LogP contribution in [0.4, 0.5) is 4.79 Å². The fraction of sp³-hybridized carbons (Fsp3) is 0.786. The van der Waals surface area contributed by atoms with Crippen LogP contribution in [0.15, 0.2) is 0 Å². The number of nitrogens with zero attached hydrogens (tertiary/aromatic N) is 1. The van der Waals surface area contributed by atoms with Crippen LogP contribution in [-0.4, -0.2) is 29.2 Å². The molecule has 0 aliphatic carbocycles. The van der Waals surface area contributed by atoms with Gasteiger partial charge in [-0.2, -0.15) is 0 Å². The maximum Gasteiger partial charge on any atom is 0.410 e. The van der Waals surface area contributed by atoms with E-state index in [1.165, 1.54) is 6.42 Å². The number of terminal acetylenes is 1. The molecule has 0 spiro atoms. The second kappa shape index (κ2) is 5.95. The summed E-state index contributed by atoms with van der Waals surface area (Å²) in [5, 5.41) is 0. The van der Waals surface area contributed by atoms with Crippen LogP contribution >= 0.6 is 0 Å². The van der Waals surface area contributed by atoms with Crippen LogP contribution in [0.1, 0.15) is 52.9 Å². The Bertz CT molecular complexity index is 298. The third-order valence-electron chi connectivity index (χ3n) is 2.88. The normalized spacial score (nSPS) is 20.8. The lowest BCUT2D eigenvalue weighted by Crippen LogP contribution is -2.46. The number of carbonyl (C=O) groups excluding carboxylic acids is 1. The zero-order valence-electron chi connectivity index (χ0n) is 11.2. The zero-order valence-corrected chi connectivity index (χ0v) is 11.2. The van der Waals surface area contributed by atoms with E-state index >= 15 is 0 Å². The van der Waals surface area contributed by atoms with Crippen LogP contribution in [0.3, 0.4) is 0 Å². The predicted molar refractivity (Wildman–Crippen MR) is 68.6 cm³/mol. The van der Waals surface area contributed by atoms with Crippen molar-refractivity contribution in [2.24, 2.45) is 0 Å². The molecule has 1 heterocycles. The summed E-state index contributed by atoms with van der Waals surface area (Å²) in [6, 6.07) is 0.259. The quantitative estimate of drug-likeness (QED) is 0.690. The van der Waals surface area contributed by atoms with Crippen LogP contribution in [0.2, 0.25) is 0 Å². The molecule has 0 radical (unpaired) electrons. The Kier molecular flexibility index (Phi) is 4.86. The third kappa shape index (κ3) is 4.68. The predicted octanol–water partition coefficient (Wildman–Crippen LogP) is 3.19. The number of likely N-dealkylation sites (tertiary alicyclic amines) is 1. The Morgan fingerprint density at radius 1 is 1.47 bits per heavy atom. The van der Waals surface area contributed by atoms with Gasteiger partial charge in [0.2, 0.25) is 0 Å². The van der Waals surface area contributed by atoms with Gasteiger partial charge in [0, 0.05) is 19.0 Å². The second-order valence-electron chi connectivity index (χ2n) is 5.57. The zero-order chi connectivity index (χ0) is 12.9. The van der Waals surface area contributed by atoms with Gasteiger partial charge in [-0.25, -0.2) is 4.79 Å². The van der Waals surface area contributed by atoms with Crippen molar-refractivity contribution >= 4 is 6.09 Å². The fourth-order valence-corrected chi connectivity index (χ4v) is 2.11. The SMILES string of the molecule is C#CCCC1CCCCN1C(=O)OC(C)(C)C. The van der Waals surface area contributed by atoms with Crippen LogP contribution in [0.25, 0.3) is 0 Å². The van der Waals surface area contributed by atoms with Crippen molar-refractivity contribution in [2.45, 2.75) is 64.5 Å². The lowest BCUT2D eigenvalue weighted by atomic mass is 9.98. The van der Waals surface area contributed by atoms with Crippen LogP contribution < -0.4 is 0 Å². The molecule has 3 nitrogen and oxygen atoms in total. The molecule has 1 saturated heterocycles. The molecule has 1 rings (SSSR count). The van der Waals surface area contributed by atoms with Crippen LogP contribution in [0, 0.1) is 12.3 Å². The summed E-state index contributed by atoms with van der Waals surface area (Å²) in [5.74, 6) is 2.64. The molecule has 0 aromatic heterocycles. The molecule has 0 aromatic rings. The van der Waals surface area contributed by atoms with E-state index in [-0.39, 0.29) is 12.1 Å². The largest absolute Gasteiger partial charge is 0.444 e. The summed E-state index contributed by atoms with van der Waals surface area (Å²) >= 11 is 0. The van der Waals surface area contributed by atoms with E-state index in [1.54, 1.807) is 0 Å². The molecule has 1 unspecified atom stereocenters. The van der Waals surface area contributed by atoms with E-state index in [9.17, 15) is 4.79 Å². The third-order valence-corrected chi connectivity index (χ3v) is 2.88. The molecule has 0 aromatic carbocycles. The summed E-state index contributed by atoms with van der Waals surface area (Å²) in [6.45, 7) is 6.48. The number of hydrogen-bond donors (Lipinski definition) is 0.